The van der Waals surface area contributed by atoms with Gasteiger partial charge in [0.05, 0.1) is 11.4 Å². The number of nitrogens with two attached hydrogens (primary N) is 1. The minimum Gasteiger partial charge on any atom is -0.443 e. The van der Waals surface area contributed by atoms with E-state index in [0.29, 0.717) is 17.2 Å². The lowest BCUT2D eigenvalue weighted by atomic mass is 10.2. The number of hydrogen-bond donors (Lipinski definition) is 1. The van der Waals surface area contributed by atoms with Crippen LogP contribution in [0.2, 0.25) is 0 Å². The van der Waals surface area contributed by atoms with Crippen molar-refractivity contribution in [2.75, 3.05) is 17.7 Å². The molecular weight excluding hydrogens is 218 g/mol. The lowest BCUT2D eigenvalue weighted by molar-refractivity contribution is 0.0589. The first-order valence-corrected chi connectivity index (χ1v) is 5.40. The minimum absolute atomic E-state index is 0.410. The van der Waals surface area contributed by atoms with E-state index in [1.807, 2.05) is 20.8 Å². The van der Waals surface area contributed by atoms with Crippen LogP contribution in [-0.4, -0.2) is 23.7 Å². The Bertz CT molecular complexity index is 424. The van der Waals surface area contributed by atoms with Crippen LogP contribution in [-0.2, 0) is 4.74 Å². The number of carbonyl (C=O) groups is 1. The highest BCUT2D eigenvalue weighted by molar-refractivity contribution is 5.88. The highest BCUT2D eigenvalue weighted by Crippen LogP contribution is 2.20. The lowest BCUT2D eigenvalue weighted by Crippen LogP contribution is -2.34. The number of pyridine rings is 1. The Balaban J connectivity index is 2.89. The molecule has 0 radical (unpaired) electrons. The van der Waals surface area contributed by atoms with E-state index < -0.39 is 11.7 Å². The second-order valence-electron chi connectivity index (χ2n) is 4.88. The van der Waals surface area contributed by atoms with E-state index in [9.17, 15) is 4.79 Å². The van der Waals surface area contributed by atoms with Crippen molar-refractivity contribution in [2.24, 2.45) is 0 Å². The summed E-state index contributed by atoms with van der Waals surface area (Å²) in [4.78, 5) is 17.4. The molecule has 17 heavy (non-hydrogen) atoms. The number of hydrogen-bond acceptors (Lipinski definition) is 4. The molecule has 1 rings (SSSR count). The number of nitrogen functional groups attached to an aromatic ring is 1. The van der Waals surface area contributed by atoms with E-state index in [1.54, 1.807) is 26.1 Å². The van der Waals surface area contributed by atoms with E-state index in [0.717, 1.165) is 0 Å². The third-order valence-corrected chi connectivity index (χ3v) is 2.11. The normalized spacial score (nSPS) is 11.1. The number of aromatic nitrogens is 1. The van der Waals surface area contributed by atoms with Gasteiger partial charge in [-0.1, -0.05) is 0 Å². The van der Waals surface area contributed by atoms with Gasteiger partial charge >= 0.3 is 6.09 Å². The van der Waals surface area contributed by atoms with Crippen LogP contribution in [0.3, 0.4) is 0 Å². The fourth-order valence-electron chi connectivity index (χ4n) is 1.36. The van der Waals surface area contributed by atoms with E-state index in [4.69, 9.17) is 10.5 Å². The summed E-state index contributed by atoms with van der Waals surface area (Å²) >= 11 is 0. The molecule has 0 bridgehead atoms. The number of amides is 1. The van der Waals surface area contributed by atoms with Gasteiger partial charge in [0.25, 0.3) is 0 Å². The largest absolute Gasteiger partial charge is 0.443 e. The molecular formula is C12H19N3O2. The van der Waals surface area contributed by atoms with Crippen LogP contribution < -0.4 is 10.6 Å². The van der Waals surface area contributed by atoms with Crippen LogP contribution in [0.15, 0.2) is 12.1 Å². The highest BCUT2D eigenvalue weighted by atomic mass is 16.6. The number of rotatable bonds is 1. The van der Waals surface area contributed by atoms with Crippen LogP contribution in [0.1, 0.15) is 26.5 Å². The van der Waals surface area contributed by atoms with Crippen molar-refractivity contribution in [3.63, 3.8) is 0 Å². The molecule has 0 fully saturated rings. The van der Waals surface area contributed by atoms with Crippen LogP contribution in [0, 0.1) is 6.92 Å². The molecule has 5 heteroatoms. The van der Waals surface area contributed by atoms with Gasteiger partial charge in [0, 0.05) is 7.05 Å². The van der Waals surface area contributed by atoms with Gasteiger partial charge in [0.15, 0.2) is 0 Å². The smallest absolute Gasteiger partial charge is 0.414 e. The maximum Gasteiger partial charge on any atom is 0.414 e. The molecule has 0 saturated carbocycles. The number of aryl methyl sites for hydroxylation is 1. The average Bonchev–Trinajstić information content (AvgIpc) is 2.14. The minimum atomic E-state index is -0.513. The van der Waals surface area contributed by atoms with Gasteiger partial charge in [-0.25, -0.2) is 9.78 Å². The molecule has 5 nitrogen and oxygen atoms in total. The molecule has 0 aliphatic heterocycles. The third-order valence-electron chi connectivity index (χ3n) is 2.11. The zero-order chi connectivity index (χ0) is 13.2. The van der Waals surface area contributed by atoms with Gasteiger partial charge in [0.1, 0.15) is 11.4 Å². The Labute approximate surface area is 102 Å². The summed E-state index contributed by atoms with van der Waals surface area (Å²) in [6, 6.07) is 3.41. The lowest BCUT2D eigenvalue weighted by Gasteiger charge is -2.25. The van der Waals surface area contributed by atoms with Gasteiger partial charge in [-0.3, -0.25) is 4.90 Å². The summed E-state index contributed by atoms with van der Waals surface area (Å²) in [6.45, 7) is 7.28. The summed E-state index contributed by atoms with van der Waals surface area (Å²) in [5.41, 5.74) is 6.43. The fourth-order valence-corrected chi connectivity index (χ4v) is 1.36. The second-order valence-corrected chi connectivity index (χ2v) is 4.88. The molecule has 1 amide bonds. The number of anilines is 2. The topological polar surface area (TPSA) is 68.5 Å². The first-order chi connectivity index (χ1) is 7.70. The molecule has 94 valence electrons. The maximum atomic E-state index is 11.8. The van der Waals surface area contributed by atoms with Gasteiger partial charge in [-0.15, -0.1) is 0 Å². The fraction of sp³-hybridized carbons (Fsp3) is 0.500. The zero-order valence-corrected chi connectivity index (χ0v) is 10.9. The van der Waals surface area contributed by atoms with E-state index in [-0.39, 0.29) is 0 Å². The third kappa shape index (κ3) is 3.62. The maximum absolute atomic E-state index is 11.8. The quantitative estimate of drug-likeness (QED) is 0.814. The van der Waals surface area contributed by atoms with Crippen molar-refractivity contribution in [3.05, 3.63) is 17.8 Å². The van der Waals surface area contributed by atoms with Crippen molar-refractivity contribution in [1.29, 1.82) is 0 Å². The van der Waals surface area contributed by atoms with Crippen LogP contribution in [0.5, 0.6) is 0 Å². The monoisotopic (exact) mass is 237 g/mol. The van der Waals surface area contributed by atoms with Crippen LogP contribution in [0.4, 0.5) is 16.3 Å². The highest BCUT2D eigenvalue weighted by Gasteiger charge is 2.21. The number of nitrogens with zero attached hydrogens (tertiary/aromatic N) is 2. The van der Waals surface area contributed by atoms with E-state index in [2.05, 4.69) is 4.98 Å². The van der Waals surface area contributed by atoms with Gasteiger partial charge in [-0.2, -0.15) is 0 Å². The van der Waals surface area contributed by atoms with Gasteiger partial charge < -0.3 is 10.5 Å². The number of carbonyl (C=O) groups excluding carboxylic acids is 1. The molecule has 1 heterocycles. The Kier molecular flexibility index (Phi) is 3.60. The van der Waals surface area contributed by atoms with Crippen LogP contribution >= 0.6 is 0 Å². The molecule has 0 aromatic carbocycles. The van der Waals surface area contributed by atoms with Crippen LogP contribution in [0.25, 0.3) is 0 Å². The average molecular weight is 237 g/mol. The van der Waals surface area contributed by atoms with Crippen molar-refractivity contribution in [2.45, 2.75) is 33.3 Å². The van der Waals surface area contributed by atoms with Crippen molar-refractivity contribution >= 4 is 17.6 Å². The number of ether oxygens (including phenoxy) is 1. The first kappa shape index (κ1) is 13.3. The molecule has 0 aliphatic carbocycles. The molecule has 2 N–H and O–H groups in total. The standard InChI is InChI=1S/C12H19N3O2/c1-8-9(6-7-10(13)14-8)15(5)11(16)17-12(2,3)4/h6-7H,1-5H3,(H2,13,14). The Morgan fingerprint density at radius 3 is 2.47 bits per heavy atom. The van der Waals surface area contributed by atoms with Crippen molar-refractivity contribution in [3.8, 4) is 0 Å². The predicted octanol–water partition coefficient (Wildman–Crippen LogP) is 2.34. The first-order valence-electron chi connectivity index (χ1n) is 5.40. The van der Waals surface area contributed by atoms with Gasteiger partial charge in [-0.05, 0) is 39.8 Å². The molecule has 0 atom stereocenters. The molecule has 0 saturated heterocycles. The summed E-state index contributed by atoms with van der Waals surface area (Å²) in [5.74, 6) is 0.434. The predicted molar refractivity (Wildman–Crippen MR) is 68.0 cm³/mol. The Hall–Kier alpha value is -1.78. The van der Waals surface area contributed by atoms with Gasteiger partial charge in [0.2, 0.25) is 0 Å². The molecule has 0 aliphatic rings. The zero-order valence-electron chi connectivity index (χ0n) is 10.9. The molecule has 1 aromatic heterocycles. The molecule has 0 unspecified atom stereocenters. The Morgan fingerprint density at radius 2 is 2.00 bits per heavy atom. The second kappa shape index (κ2) is 4.61. The summed E-state index contributed by atoms with van der Waals surface area (Å²) in [7, 11) is 1.65. The van der Waals surface area contributed by atoms with Crippen molar-refractivity contribution in [1.82, 2.24) is 4.98 Å². The van der Waals surface area contributed by atoms with E-state index in [1.165, 1.54) is 4.90 Å². The summed E-state index contributed by atoms with van der Waals surface area (Å²) < 4.78 is 5.27. The SMILES string of the molecule is Cc1nc(N)ccc1N(C)C(=O)OC(C)(C)C. The van der Waals surface area contributed by atoms with Crippen molar-refractivity contribution < 1.29 is 9.53 Å². The molecule has 1 aromatic rings. The van der Waals surface area contributed by atoms with E-state index >= 15 is 0 Å². The summed E-state index contributed by atoms with van der Waals surface area (Å²) in [6.07, 6.45) is -0.410. The molecule has 0 spiro atoms. The Morgan fingerprint density at radius 1 is 1.41 bits per heavy atom. The summed E-state index contributed by atoms with van der Waals surface area (Å²) in [5, 5.41) is 0.